The molecule has 1 amide bonds. The smallest absolute Gasteiger partial charge is 0.253 e. The first kappa shape index (κ1) is 12.4. The van der Waals surface area contributed by atoms with Gasteiger partial charge < -0.3 is 15.7 Å². The lowest BCUT2D eigenvalue weighted by atomic mass is 10.1. The van der Waals surface area contributed by atoms with Crippen LogP contribution in [0, 0.1) is 0 Å². The Balaban J connectivity index is 2.90. The Morgan fingerprint density at radius 1 is 1.44 bits per heavy atom. The fourth-order valence-corrected chi connectivity index (χ4v) is 1.53. The third-order valence-corrected chi connectivity index (χ3v) is 2.44. The van der Waals surface area contributed by atoms with E-state index in [9.17, 15) is 9.90 Å². The highest BCUT2D eigenvalue weighted by Crippen LogP contribution is 2.21. The molecule has 4 heteroatoms. The first-order valence-electron chi connectivity index (χ1n) is 5.47. The molecule has 0 heterocycles. The van der Waals surface area contributed by atoms with E-state index in [-0.39, 0.29) is 17.3 Å². The highest BCUT2D eigenvalue weighted by atomic mass is 16.3. The van der Waals surface area contributed by atoms with Crippen molar-refractivity contribution in [3.8, 4) is 5.75 Å². The van der Waals surface area contributed by atoms with E-state index in [1.165, 1.54) is 6.07 Å². The molecule has 0 spiro atoms. The number of phenolic OH excluding ortho intramolecular Hbond substituents is 1. The number of hydrogen-bond acceptors (Lipinski definition) is 3. The Morgan fingerprint density at radius 2 is 2.12 bits per heavy atom. The van der Waals surface area contributed by atoms with Crippen LogP contribution in [0.15, 0.2) is 18.2 Å². The molecule has 0 unspecified atom stereocenters. The molecule has 0 aliphatic rings. The van der Waals surface area contributed by atoms with Gasteiger partial charge in [0.05, 0.1) is 5.69 Å². The summed E-state index contributed by atoms with van der Waals surface area (Å²) in [7, 11) is 0. The summed E-state index contributed by atoms with van der Waals surface area (Å²) in [6.07, 6.45) is 0.917. The van der Waals surface area contributed by atoms with Crippen molar-refractivity contribution in [3.05, 3.63) is 23.8 Å². The van der Waals surface area contributed by atoms with Gasteiger partial charge in [-0.25, -0.2) is 0 Å². The van der Waals surface area contributed by atoms with E-state index in [0.717, 1.165) is 13.0 Å². The van der Waals surface area contributed by atoms with Gasteiger partial charge in [-0.05, 0) is 31.5 Å². The number of nitrogens with two attached hydrogens (primary N) is 1. The molecule has 0 bridgehead atoms. The van der Waals surface area contributed by atoms with Crippen molar-refractivity contribution in [2.24, 2.45) is 0 Å². The van der Waals surface area contributed by atoms with Crippen molar-refractivity contribution in [2.75, 3.05) is 18.8 Å². The summed E-state index contributed by atoms with van der Waals surface area (Å²) in [4.78, 5) is 13.7. The predicted octanol–water partition coefficient (Wildman–Crippen LogP) is 1.85. The van der Waals surface area contributed by atoms with E-state index < -0.39 is 0 Å². The van der Waals surface area contributed by atoms with Gasteiger partial charge in [-0.15, -0.1) is 0 Å². The van der Waals surface area contributed by atoms with Crippen LogP contribution >= 0.6 is 0 Å². The zero-order valence-corrected chi connectivity index (χ0v) is 9.73. The van der Waals surface area contributed by atoms with Crippen LogP contribution in [-0.4, -0.2) is 29.0 Å². The van der Waals surface area contributed by atoms with E-state index in [4.69, 9.17) is 5.73 Å². The minimum Gasteiger partial charge on any atom is -0.506 e. The van der Waals surface area contributed by atoms with Gasteiger partial charge in [0, 0.05) is 18.7 Å². The number of hydrogen-bond donors (Lipinski definition) is 2. The fourth-order valence-electron chi connectivity index (χ4n) is 1.53. The van der Waals surface area contributed by atoms with Crippen LogP contribution < -0.4 is 5.73 Å². The number of aromatic hydroxyl groups is 1. The predicted molar refractivity (Wildman–Crippen MR) is 64.4 cm³/mol. The van der Waals surface area contributed by atoms with E-state index in [0.29, 0.717) is 12.1 Å². The fraction of sp³-hybridized carbons (Fsp3) is 0.417. The van der Waals surface area contributed by atoms with Gasteiger partial charge >= 0.3 is 0 Å². The maximum atomic E-state index is 12.0. The first-order chi connectivity index (χ1) is 7.60. The van der Waals surface area contributed by atoms with Crippen LogP contribution in [0.5, 0.6) is 5.75 Å². The minimum absolute atomic E-state index is 0.0431. The molecule has 0 aliphatic carbocycles. The average molecular weight is 222 g/mol. The second kappa shape index (κ2) is 5.39. The van der Waals surface area contributed by atoms with Gasteiger partial charge in [-0.2, -0.15) is 0 Å². The summed E-state index contributed by atoms with van der Waals surface area (Å²) in [5.74, 6) is -0.113. The summed E-state index contributed by atoms with van der Waals surface area (Å²) in [5, 5.41) is 9.44. The van der Waals surface area contributed by atoms with E-state index in [1.54, 1.807) is 17.0 Å². The molecule has 4 nitrogen and oxygen atoms in total. The van der Waals surface area contributed by atoms with Crippen molar-refractivity contribution in [2.45, 2.75) is 20.3 Å². The third kappa shape index (κ3) is 2.66. The lowest BCUT2D eigenvalue weighted by Crippen LogP contribution is -2.31. The SMILES string of the molecule is CCCN(CC)C(=O)c1ccc(N)c(O)c1. The summed E-state index contributed by atoms with van der Waals surface area (Å²) >= 11 is 0. The van der Waals surface area contributed by atoms with Crippen LogP contribution in [-0.2, 0) is 0 Å². The molecule has 0 atom stereocenters. The minimum atomic E-state index is -0.0698. The highest BCUT2D eigenvalue weighted by Gasteiger charge is 2.14. The number of amides is 1. The molecule has 16 heavy (non-hydrogen) atoms. The van der Waals surface area contributed by atoms with Crippen molar-refractivity contribution in [1.29, 1.82) is 0 Å². The van der Waals surface area contributed by atoms with Gasteiger partial charge in [-0.3, -0.25) is 4.79 Å². The van der Waals surface area contributed by atoms with Crippen molar-refractivity contribution < 1.29 is 9.90 Å². The summed E-state index contributed by atoms with van der Waals surface area (Å²) in [6.45, 7) is 5.35. The zero-order valence-electron chi connectivity index (χ0n) is 9.73. The molecule has 0 fully saturated rings. The second-order valence-electron chi connectivity index (χ2n) is 3.66. The zero-order chi connectivity index (χ0) is 12.1. The topological polar surface area (TPSA) is 66.6 Å². The molecule has 1 aromatic rings. The Bertz CT molecular complexity index is 377. The van der Waals surface area contributed by atoms with Crippen molar-refractivity contribution in [3.63, 3.8) is 0 Å². The number of carbonyl (C=O) groups excluding carboxylic acids is 1. The molecule has 0 saturated carbocycles. The summed E-state index contributed by atoms with van der Waals surface area (Å²) < 4.78 is 0. The molecule has 0 aromatic heterocycles. The second-order valence-corrected chi connectivity index (χ2v) is 3.66. The number of phenols is 1. The quantitative estimate of drug-likeness (QED) is 0.603. The third-order valence-electron chi connectivity index (χ3n) is 2.44. The molecule has 0 saturated heterocycles. The Hall–Kier alpha value is -1.71. The summed E-state index contributed by atoms with van der Waals surface area (Å²) in [6, 6.07) is 4.59. The average Bonchev–Trinajstić information content (AvgIpc) is 2.28. The van der Waals surface area contributed by atoms with Crippen LogP contribution in [0.2, 0.25) is 0 Å². The number of rotatable bonds is 4. The molecular weight excluding hydrogens is 204 g/mol. The number of anilines is 1. The van der Waals surface area contributed by atoms with Crippen LogP contribution in [0.25, 0.3) is 0 Å². The van der Waals surface area contributed by atoms with Gasteiger partial charge in [0.25, 0.3) is 5.91 Å². The Labute approximate surface area is 95.7 Å². The molecule has 1 aromatic carbocycles. The lowest BCUT2D eigenvalue weighted by molar-refractivity contribution is 0.0764. The normalized spacial score (nSPS) is 10.1. The Kier molecular flexibility index (Phi) is 4.17. The number of nitrogen functional groups attached to an aromatic ring is 1. The first-order valence-corrected chi connectivity index (χ1v) is 5.47. The number of benzene rings is 1. The summed E-state index contributed by atoms with van der Waals surface area (Å²) in [5.41, 5.74) is 6.24. The van der Waals surface area contributed by atoms with Gasteiger partial charge in [0.15, 0.2) is 0 Å². The molecule has 1 rings (SSSR count). The molecule has 88 valence electrons. The largest absolute Gasteiger partial charge is 0.506 e. The van der Waals surface area contributed by atoms with E-state index in [2.05, 4.69) is 0 Å². The molecule has 3 N–H and O–H groups in total. The van der Waals surface area contributed by atoms with Crippen LogP contribution in [0.1, 0.15) is 30.6 Å². The molecule has 0 aliphatic heterocycles. The van der Waals surface area contributed by atoms with Gasteiger partial charge in [0.1, 0.15) is 5.75 Å². The maximum Gasteiger partial charge on any atom is 0.253 e. The number of carbonyl (C=O) groups is 1. The maximum absolute atomic E-state index is 12.0. The van der Waals surface area contributed by atoms with Crippen molar-refractivity contribution >= 4 is 11.6 Å². The lowest BCUT2D eigenvalue weighted by Gasteiger charge is -2.20. The molecular formula is C12H18N2O2. The van der Waals surface area contributed by atoms with E-state index >= 15 is 0 Å². The van der Waals surface area contributed by atoms with Crippen LogP contribution in [0.4, 0.5) is 5.69 Å². The van der Waals surface area contributed by atoms with Crippen LogP contribution in [0.3, 0.4) is 0 Å². The monoisotopic (exact) mass is 222 g/mol. The highest BCUT2D eigenvalue weighted by molar-refractivity contribution is 5.95. The Morgan fingerprint density at radius 3 is 2.62 bits per heavy atom. The molecule has 0 radical (unpaired) electrons. The van der Waals surface area contributed by atoms with Crippen molar-refractivity contribution in [1.82, 2.24) is 4.90 Å². The van der Waals surface area contributed by atoms with Gasteiger partial charge in [-0.1, -0.05) is 6.92 Å². The van der Waals surface area contributed by atoms with E-state index in [1.807, 2.05) is 13.8 Å². The standard InChI is InChI=1S/C12H18N2O2/c1-3-7-14(4-2)12(16)9-5-6-10(13)11(15)8-9/h5-6,8,15H,3-4,7,13H2,1-2H3. The number of nitrogens with zero attached hydrogens (tertiary/aromatic N) is 1. The van der Waals surface area contributed by atoms with Gasteiger partial charge in [0.2, 0.25) is 0 Å².